The lowest BCUT2D eigenvalue weighted by molar-refractivity contribution is 0.148. The van der Waals surface area contributed by atoms with Crippen LogP contribution < -0.4 is 0 Å². The molecule has 1 fully saturated rings. The van der Waals surface area contributed by atoms with Crippen LogP contribution in [0.25, 0.3) is 0 Å². The number of hydrogen-bond acceptors (Lipinski definition) is 2. The van der Waals surface area contributed by atoms with Crippen LogP contribution in [0.4, 0.5) is 0 Å². The van der Waals surface area contributed by atoms with Crippen molar-refractivity contribution in [2.24, 2.45) is 0 Å². The molecule has 8 heavy (non-hydrogen) atoms. The predicted octanol–water partition coefficient (Wildman–Crippen LogP) is 1.28. The Kier molecular flexibility index (Phi) is 1.16. The van der Waals surface area contributed by atoms with Crippen molar-refractivity contribution >= 4 is 0 Å². The largest absolute Gasteiger partial charge is 0.459 e. The second-order valence-electron chi connectivity index (χ2n) is 2.02. The standard InChI is InChI=1S/C6H10O2/c1-4-5(2)8-6(3)7-4/h4-5H,3H2,1-2H3/t4-,5+. The highest BCUT2D eigenvalue weighted by Gasteiger charge is 2.23. The zero-order valence-corrected chi connectivity index (χ0v) is 5.18. The summed E-state index contributed by atoms with van der Waals surface area (Å²) in [4.78, 5) is 0. The Morgan fingerprint density at radius 2 is 1.62 bits per heavy atom. The van der Waals surface area contributed by atoms with Gasteiger partial charge in [0.1, 0.15) is 12.2 Å². The summed E-state index contributed by atoms with van der Waals surface area (Å²) in [5, 5.41) is 0. The molecule has 0 amide bonds. The lowest BCUT2D eigenvalue weighted by Gasteiger charge is -2.01. The van der Waals surface area contributed by atoms with Gasteiger partial charge in [0, 0.05) is 0 Å². The van der Waals surface area contributed by atoms with Crippen molar-refractivity contribution in [1.82, 2.24) is 0 Å². The number of rotatable bonds is 0. The highest BCUT2D eigenvalue weighted by molar-refractivity contribution is 4.82. The molecule has 0 bridgehead atoms. The minimum atomic E-state index is 0.169. The molecule has 0 radical (unpaired) electrons. The summed E-state index contributed by atoms with van der Waals surface area (Å²) >= 11 is 0. The Balaban J connectivity index is 2.51. The Bertz CT molecular complexity index is 97.1. The van der Waals surface area contributed by atoms with Crippen molar-refractivity contribution in [2.75, 3.05) is 0 Å². The molecule has 2 atom stereocenters. The Hall–Kier alpha value is -0.660. The first kappa shape index (κ1) is 5.48. The topological polar surface area (TPSA) is 18.5 Å². The fraction of sp³-hybridized carbons (Fsp3) is 0.667. The van der Waals surface area contributed by atoms with Crippen LogP contribution >= 0.6 is 0 Å². The van der Waals surface area contributed by atoms with Gasteiger partial charge in [0.25, 0.3) is 5.95 Å². The fourth-order valence-corrected chi connectivity index (χ4v) is 0.634. The molecule has 1 aliphatic heterocycles. The molecule has 0 aromatic rings. The molecule has 0 saturated carbocycles. The van der Waals surface area contributed by atoms with E-state index in [1.165, 1.54) is 0 Å². The molecule has 0 aromatic heterocycles. The maximum Gasteiger partial charge on any atom is 0.272 e. The summed E-state index contributed by atoms with van der Waals surface area (Å²) in [6.45, 7) is 7.43. The average Bonchev–Trinajstić information content (AvgIpc) is 1.85. The van der Waals surface area contributed by atoms with E-state index < -0.39 is 0 Å². The second-order valence-corrected chi connectivity index (χ2v) is 2.02. The van der Waals surface area contributed by atoms with Crippen LogP contribution in [-0.4, -0.2) is 12.2 Å². The summed E-state index contributed by atoms with van der Waals surface area (Å²) in [5.41, 5.74) is 0. The summed E-state index contributed by atoms with van der Waals surface area (Å²) in [6, 6.07) is 0. The number of ether oxygens (including phenoxy) is 2. The summed E-state index contributed by atoms with van der Waals surface area (Å²) in [7, 11) is 0. The summed E-state index contributed by atoms with van der Waals surface area (Å²) in [5.74, 6) is 0.449. The van der Waals surface area contributed by atoms with Gasteiger partial charge in [-0.1, -0.05) is 0 Å². The van der Waals surface area contributed by atoms with E-state index in [1.807, 2.05) is 13.8 Å². The Morgan fingerprint density at radius 1 is 1.25 bits per heavy atom. The second kappa shape index (κ2) is 1.69. The van der Waals surface area contributed by atoms with Crippen molar-refractivity contribution in [2.45, 2.75) is 26.1 Å². The first-order chi connectivity index (χ1) is 3.70. The Labute approximate surface area is 49.1 Å². The molecule has 0 N–H and O–H groups in total. The smallest absolute Gasteiger partial charge is 0.272 e. The molecule has 2 nitrogen and oxygen atoms in total. The van der Waals surface area contributed by atoms with E-state index in [9.17, 15) is 0 Å². The summed E-state index contributed by atoms with van der Waals surface area (Å²) in [6.07, 6.45) is 0.338. The lowest BCUT2D eigenvalue weighted by atomic mass is 10.3. The molecular formula is C6H10O2. The van der Waals surface area contributed by atoms with Gasteiger partial charge in [0.05, 0.1) is 0 Å². The predicted molar refractivity (Wildman–Crippen MR) is 30.2 cm³/mol. The lowest BCUT2D eigenvalue weighted by Crippen LogP contribution is -2.13. The monoisotopic (exact) mass is 114 g/mol. The highest BCUT2D eigenvalue weighted by Crippen LogP contribution is 2.18. The SMILES string of the molecule is C=C1O[C@@H](C)[C@@H](C)O1. The van der Waals surface area contributed by atoms with Gasteiger partial charge >= 0.3 is 0 Å². The van der Waals surface area contributed by atoms with E-state index in [2.05, 4.69) is 6.58 Å². The van der Waals surface area contributed by atoms with Crippen LogP contribution in [0.15, 0.2) is 12.5 Å². The molecule has 1 saturated heterocycles. The first-order valence-corrected chi connectivity index (χ1v) is 2.72. The van der Waals surface area contributed by atoms with Crippen LogP contribution in [-0.2, 0) is 9.47 Å². The maximum absolute atomic E-state index is 5.06. The van der Waals surface area contributed by atoms with E-state index in [-0.39, 0.29) is 12.2 Å². The molecule has 0 unspecified atom stereocenters. The van der Waals surface area contributed by atoms with Gasteiger partial charge in [-0.05, 0) is 20.4 Å². The van der Waals surface area contributed by atoms with Crippen LogP contribution in [0.1, 0.15) is 13.8 Å². The molecule has 0 aromatic carbocycles. The average molecular weight is 114 g/mol. The van der Waals surface area contributed by atoms with Crippen molar-refractivity contribution in [3.05, 3.63) is 12.5 Å². The normalized spacial score (nSPS) is 36.5. The zero-order chi connectivity index (χ0) is 6.15. The van der Waals surface area contributed by atoms with E-state index >= 15 is 0 Å². The van der Waals surface area contributed by atoms with Crippen LogP contribution in [0.2, 0.25) is 0 Å². The first-order valence-electron chi connectivity index (χ1n) is 2.72. The molecule has 0 spiro atoms. The van der Waals surface area contributed by atoms with Gasteiger partial charge in [-0.15, -0.1) is 0 Å². The Morgan fingerprint density at radius 3 is 1.75 bits per heavy atom. The molecule has 46 valence electrons. The molecule has 2 heteroatoms. The molecule has 1 rings (SSSR count). The van der Waals surface area contributed by atoms with Gasteiger partial charge in [0.15, 0.2) is 0 Å². The third-order valence-electron chi connectivity index (χ3n) is 1.30. The van der Waals surface area contributed by atoms with E-state index in [4.69, 9.17) is 9.47 Å². The summed E-state index contributed by atoms with van der Waals surface area (Å²) < 4.78 is 10.1. The van der Waals surface area contributed by atoms with Crippen molar-refractivity contribution in [3.63, 3.8) is 0 Å². The minimum absolute atomic E-state index is 0.169. The van der Waals surface area contributed by atoms with Gasteiger partial charge in [-0.2, -0.15) is 0 Å². The van der Waals surface area contributed by atoms with Gasteiger partial charge < -0.3 is 9.47 Å². The van der Waals surface area contributed by atoms with Crippen molar-refractivity contribution in [3.8, 4) is 0 Å². The maximum atomic E-state index is 5.06. The van der Waals surface area contributed by atoms with Crippen LogP contribution in [0, 0.1) is 0 Å². The van der Waals surface area contributed by atoms with Crippen LogP contribution in [0.3, 0.4) is 0 Å². The van der Waals surface area contributed by atoms with E-state index in [1.54, 1.807) is 0 Å². The third-order valence-corrected chi connectivity index (χ3v) is 1.30. The molecule has 0 aliphatic carbocycles. The molecule has 1 heterocycles. The minimum Gasteiger partial charge on any atom is -0.459 e. The highest BCUT2D eigenvalue weighted by atomic mass is 16.7. The van der Waals surface area contributed by atoms with E-state index in [0.29, 0.717) is 5.95 Å². The fourth-order valence-electron chi connectivity index (χ4n) is 0.634. The van der Waals surface area contributed by atoms with Crippen molar-refractivity contribution < 1.29 is 9.47 Å². The van der Waals surface area contributed by atoms with Gasteiger partial charge in [0.2, 0.25) is 0 Å². The quantitative estimate of drug-likeness (QED) is 0.472. The number of hydrogen-bond donors (Lipinski definition) is 0. The van der Waals surface area contributed by atoms with E-state index in [0.717, 1.165) is 0 Å². The molecule has 1 aliphatic rings. The molecular weight excluding hydrogens is 104 g/mol. The van der Waals surface area contributed by atoms with Gasteiger partial charge in [-0.25, -0.2) is 0 Å². The van der Waals surface area contributed by atoms with Crippen molar-refractivity contribution in [1.29, 1.82) is 0 Å². The zero-order valence-electron chi connectivity index (χ0n) is 5.18. The third kappa shape index (κ3) is 0.782. The van der Waals surface area contributed by atoms with Gasteiger partial charge in [-0.3, -0.25) is 0 Å². The van der Waals surface area contributed by atoms with Crippen LogP contribution in [0.5, 0.6) is 0 Å².